The zero-order valence-corrected chi connectivity index (χ0v) is 14.1. The second-order valence-electron chi connectivity index (χ2n) is 6.30. The highest BCUT2D eigenvalue weighted by Crippen LogP contribution is 2.35. The van der Waals surface area contributed by atoms with Crippen molar-refractivity contribution in [3.8, 4) is 0 Å². The van der Waals surface area contributed by atoms with Crippen LogP contribution in [0.25, 0.3) is 11.6 Å². The first-order chi connectivity index (χ1) is 12.2. The summed E-state index contributed by atoms with van der Waals surface area (Å²) in [6.07, 6.45) is 4.32. The van der Waals surface area contributed by atoms with Crippen LogP contribution in [0.5, 0.6) is 0 Å². The summed E-state index contributed by atoms with van der Waals surface area (Å²) in [5.41, 5.74) is 3.75. The molecule has 3 nitrogen and oxygen atoms in total. The summed E-state index contributed by atoms with van der Waals surface area (Å²) >= 11 is 0. The van der Waals surface area contributed by atoms with Crippen LogP contribution in [0.3, 0.4) is 0 Å². The molecule has 4 rings (SSSR count). The Morgan fingerprint density at radius 1 is 1.04 bits per heavy atom. The third kappa shape index (κ3) is 2.89. The second-order valence-corrected chi connectivity index (χ2v) is 6.30. The summed E-state index contributed by atoms with van der Waals surface area (Å²) in [5.74, 6) is 0.674. The molecule has 2 aromatic carbocycles. The van der Waals surface area contributed by atoms with Gasteiger partial charge >= 0.3 is 0 Å². The number of fused-ring (bicyclic) bond motifs is 1. The predicted molar refractivity (Wildman–Crippen MR) is 100 cm³/mol. The molecule has 3 heteroatoms. The van der Waals surface area contributed by atoms with E-state index in [2.05, 4.69) is 13.0 Å². The van der Waals surface area contributed by atoms with E-state index in [1.54, 1.807) is 6.26 Å². The van der Waals surface area contributed by atoms with Crippen molar-refractivity contribution < 1.29 is 9.21 Å². The maximum absolute atomic E-state index is 13.5. The lowest BCUT2D eigenvalue weighted by Crippen LogP contribution is -2.36. The third-order valence-electron chi connectivity index (χ3n) is 4.57. The Balaban J connectivity index is 1.79. The number of hydrogen-bond donors (Lipinski definition) is 0. The van der Waals surface area contributed by atoms with Crippen LogP contribution in [0.2, 0.25) is 0 Å². The molecule has 2 heterocycles. The van der Waals surface area contributed by atoms with Crippen LogP contribution in [-0.2, 0) is 11.2 Å². The van der Waals surface area contributed by atoms with Crippen LogP contribution in [0.4, 0.5) is 5.69 Å². The van der Waals surface area contributed by atoms with Gasteiger partial charge in [-0.25, -0.2) is 0 Å². The Bertz CT molecular complexity index is 910. The Labute approximate surface area is 147 Å². The third-order valence-corrected chi connectivity index (χ3v) is 4.57. The average Bonchev–Trinajstić information content (AvgIpc) is 3.26. The van der Waals surface area contributed by atoms with Gasteiger partial charge in [-0.2, -0.15) is 0 Å². The first kappa shape index (κ1) is 15.5. The van der Waals surface area contributed by atoms with Gasteiger partial charge in [0, 0.05) is 11.7 Å². The van der Waals surface area contributed by atoms with Crippen molar-refractivity contribution in [3.05, 3.63) is 89.9 Å². The highest BCUT2D eigenvalue weighted by Gasteiger charge is 2.32. The molecule has 1 aromatic heterocycles. The number of amides is 1. The van der Waals surface area contributed by atoms with E-state index in [1.807, 2.05) is 71.6 Å². The Morgan fingerprint density at radius 3 is 2.56 bits per heavy atom. The van der Waals surface area contributed by atoms with Crippen LogP contribution in [0, 0.1) is 0 Å². The van der Waals surface area contributed by atoms with Crippen molar-refractivity contribution >= 4 is 23.2 Å². The number of carbonyl (C=O) groups is 1. The molecule has 0 saturated heterocycles. The van der Waals surface area contributed by atoms with Gasteiger partial charge in [-0.15, -0.1) is 0 Å². The van der Waals surface area contributed by atoms with Crippen molar-refractivity contribution in [1.29, 1.82) is 0 Å². The van der Waals surface area contributed by atoms with E-state index in [1.165, 1.54) is 5.56 Å². The van der Waals surface area contributed by atoms with E-state index < -0.39 is 0 Å². The molecule has 0 spiro atoms. The molecule has 0 fully saturated rings. The molecule has 1 aliphatic heterocycles. The molecule has 1 amide bonds. The van der Waals surface area contributed by atoms with Gasteiger partial charge in [0.15, 0.2) is 0 Å². The summed E-state index contributed by atoms with van der Waals surface area (Å²) in [4.78, 5) is 15.4. The lowest BCUT2D eigenvalue weighted by Gasteiger charge is -2.24. The van der Waals surface area contributed by atoms with Crippen LogP contribution in [0.15, 0.2) is 77.4 Å². The molecule has 0 N–H and O–H groups in total. The summed E-state index contributed by atoms with van der Waals surface area (Å²) in [6, 6.07) is 21.7. The SMILES string of the molecule is C[C@H]1Cc2ccccc2N1C(=O)/C(=C/c1ccco1)c1ccccc1. The Kier molecular flexibility index (Phi) is 3.98. The van der Waals surface area contributed by atoms with Crippen molar-refractivity contribution in [2.45, 2.75) is 19.4 Å². The number of nitrogens with zero attached hydrogens (tertiary/aromatic N) is 1. The fraction of sp³-hybridized carbons (Fsp3) is 0.136. The normalized spacial score (nSPS) is 16.8. The minimum absolute atomic E-state index is 0.0000463. The zero-order valence-electron chi connectivity index (χ0n) is 14.1. The largest absolute Gasteiger partial charge is 0.465 e. The van der Waals surface area contributed by atoms with E-state index in [9.17, 15) is 4.79 Å². The van der Waals surface area contributed by atoms with Gasteiger partial charge in [0.1, 0.15) is 5.76 Å². The fourth-order valence-corrected chi connectivity index (χ4v) is 3.41. The zero-order chi connectivity index (χ0) is 17.2. The highest BCUT2D eigenvalue weighted by molar-refractivity contribution is 6.30. The van der Waals surface area contributed by atoms with E-state index in [0.29, 0.717) is 11.3 Å². The van der Waals surface area contributed by atoms with Gasteiger partial charge < -0.3 is 9.32 Å². The van der Waals surface area contributed by atoms with Crippen molar-refractivity contribution in [1.82, 2.24) is 0 Å². The minimum Gasteiger partial charge on any atom is -0.465 e. The quantitative estimate of drug-likeness (QED) is 0.647. The highest BCUT2D eigenvalue weighted by atomic mass is 16.3. The lowest BCUT2D eigenvalue weighted by molar-refractivity contribution is -0.113. The maximum atomic E-state index is 13.5. The molecular weight excluding hydrogens is 310 g/mol. The van der Waals surface area contributed by atoms with Gasteiger partial charge in [0.25, 0.3) is 5.91 Å². The van der Waals surface area contributed by atoms with Gasteiger partial charge in [-0.05, 0) is 48.7 Å². The number of rotatable bonds is 3. The number of benzene rings is 2. The number of carbonyl (C=O) groups excluding carboxylic acids is 1. The molecular formula is C22H19NO2. The molecule has 0 bridgehead atoms. The van der Waals surface area contributed by atoms with Crippen LogP contribution < -0.4 is 4.90 Å². The molecule has 124 valence electrons. The molecule has 0 aliphatic carbocycles. The summed E-state index contributed by atoms with van der Waals surface area (Å²) in [5, 5.41) is 0. The number of anilines is 1. The standard InChI is InChI=1S/C22H19NO2/c1-16-14-18-10-5-6-12-21(18)23(16)22(24)20(15-19-11-7-13-25-19)17-8-3-2-4-9-17/h2-13,15-16H,14H2,1H3/b20-15+/t16-/m0/s1. The van der Waals surface area contributed by atoms with E-state index in [4.69, 9.17) is 4.42 Å². The lowest BCUT2D eigenvalue weighted by atomic mass is 10.0. The first-order valence-corrected chi connectivity index (χ1v) is 8.46. The number of hydrogen-bond acceptors (Lipinski definition) is 2. The maximum Gasteiger partial charge on any atom is 0.259 e. The van der Waals surface area contributed by atoms with Gasteiger partial charge in [0.2, 0.25) is 0 Å². The summed E-state index contributed by atoms with van der Waals surface area (Å²) in [7, 11) is 0. The van der Waals surface area contributed by atoms with Crippen LogP contribution in [0.1, 0.15) is 23.8 Å². The predicted octanol–water partition coefficient (Wildman–Crippen LogP) is 4.80. The van der Waals surface area contributed by atoms with Gasteiger partial charge in [0.05, 0.1) is 11.8 Å². The molecule has 0 unspecified atom stereocenters. The van der Waals surface area contributed by atoms with Gasteiger partial charge in [-0.3, -0.25) is 4.79 Å². The summed E-state index contributed by atoms with van der Waals surface area (Å²) in [6.45, 7) is 2.09. The van der Waals surface area contributed by atoms with Crippen LogP contribution in [-0.4, -0.2) is 11.9 Å². The first-order valence-electron chi connectivity index (χ1n) is 8.46. The Hall–Kier alpha value is -3.07. The van der Waals surface area contributed by atoms with Crippen LogP contribution >= 0.6 is 0 Å². The van der Waals surface area contributed by atoms with Crippen molar-refractivity contribution in [2.24, 2.45) is 0 Å². The topological polar surface area (TPSA) is 33.5 Å². The van der Waals surface area contributed by atoms with E-state index in [-0.39, 0.29) is 11.9 Å². The Morgan fingerprint density at radius 2 is 1.80 bits per heavy atom. The molecule has 25 heavy (non-hydrogen) atoms. The van der Waals surface area contributed by atoms with E-state index >= 15 is 0 Å². The second kappa shape index (κ2) is 6.44. The number of para-hydroxylation sites is 1. The molecule has 0 saturated carbocycles. The van der Waals surface area contributed by atoms with Crippen molar-refractivity contribution in [2.75, 3.05) is 4.90 Å². The van der Waals surface area contributed by atoms with Crippen molar-refractivity contribution in [3.63, 3.8) is 0 Å². The number of furan rings is 1. The smallest absolute Gasteiger partial charge is 0.259 e. The molecule has 3 aromatic rings. The average molecular weight is 329 g/mol. The molecule has 0 radical (unpaired) electrons. The minimum atomic E-state index is 0.0000463. The monoisotopic (exact) mass is 329 g/mol. The summed E-state index contributed by atoms with van der Waals surface area (Å²) < 4.78 is 5.45. The van der Waals surface area contributed by atoms with E-state index in [0.717, 1.165) is 17.7 Å². The van der Waals surface area contributed by atoms with Gasteiger partial charge in [-0.1, -0.05) is 48.5 Å². The fourth-order valence-electron chi connectivity index (χ4n) is 3.41. The molecule has 1 aliphatic rings. The molecule has 1 atom stereocenters.